The van der Waals surface area contributed by atoms with Gasteiger partial charge in [0.05, 0.1) is 0 Å². The van der Waals surface area contributed by atoms with Crippen LogP contribution in [-0.2, 0) is 30.4 Å². The van der Waals surface area contributed by atoms with E-state index in [1.54, 1.807) is 0 Å². The molecule has 14 heteroatoms. The van der Waals surface area contributed by atoms with Gasteiger partial charge >= 0.3 is 23.9 Å². The number of amides is 4. The molecule has 1 aliphatic rings. The van der Waals surface area contributed by atoms with E-state index in [4.69, 9.17) is 10.8 Å². The van der Waals surface area contributed by atoms with Gasteiger partial charge in [0.2, 0.25) is 11.8 Å². The van der Waals surface area contributed by atoms with E-state index in [0.29, 0.717) is 31.7 Å². The molecule has 0 aliphatic heterocycles. The Kier molecular flexibility index (Phi) is 15.1. The maximum atomic E-state index is 13.1. The number of unbranched alkanes of at least 4 members (excludes halogenated alkanes) is 1. The number of carbonyl (C=O) groups is 6. The Labute approximate surface area is 256 Å². The number of carboxylic acids is 3. The van der Waals surface area contributed by atoms with Gasteiger partial charge in [-0.05, 0) is 76.3 Å². The lowest BCUT2D eigenvalue weighted by Gasteiger charge is -2.28. The normalized spacial score (nSPS) is 18.2. The summed E-state index contributed by atoms with van der Waals surface area (Å²) in [5.74, 6) is -4.28. The molecule has 0 spiro atoms. The van der Waals surface area contributed by atoms with Crippen molar-refractivity contribution < 1.29 is 44.1 Å². The second-order valence-electron chi connectivity index (χ2n) is 11.3. The summed E-state index contributed by atoms with van der Waals surface area (Å²) < 4.78 is 0. The zero-order valence-corrected chi connectivity index (χ0v) is 25.0. The summed E-state index contributed by atoms with van der Waals surface area (Å²) in [6.07, 6.45) is 3.34. The highest BCUT2D eigenvalue weighted by Gasteiger charge is 2.29. The first-order chi connectivity index (χ1) is 20.9. The van der Waals surface area contributed by atoms with E-state index >= 15 is 0 Å². The van der Waals surface area contributed by atoms with Crippen molar-refractivity contribution in [2.75, 3.05) is 13.1 Å². The van der Waals surface area contributed by atoms with Crippen LogP contribution in [0.3, 0.4) is 0 Å². The minimum Gasteiger partial charge on any atom is -0.481 e. The molecule has 4 amide bonds. The molecule has 9 N–H and O–H groups in total. The molecule has 1 saturated carbocycles. The molecule has 0 heterocycles. The summed E-state index contributed by atoms with van der Waals surface area (Å²) >= 11 is 0. The van der Waals surface area contributed by atoms with Crippen LogP contribution in [0.1, 0.15) is 68.9 Å². The first-order valence-electron chi connectivity index (χ1n) is 15.0. The van der Waals surface area contributed by atoms with Gasteiger partial charge in [0.25, 0.3) is 0 Å². The minimum absolute atomic E-state index is 0.000489. The summed E-state index contributed by atoms with van der Waals surface area (Å²) in [5, 5.41) is 37.4. The molecule has 1 aliphatic carbocycles. The fraction of sp³-hybridized carbons (Fsp3) is 0.600. The molecule has 0 aromatic heterocycles. The highest BCUT2D eigenvalue weighted by atomic mass is 16.4. The number of carboxylic acid groups (broad SMARTS) is 3. The number of carbonyl (C=O) groups excluding carboxylic acids is 3. The fourth-order valence-electron chi connectivity index (χ4n) is 5.07. The van der Waals surface area contributed by atoms with Crippen LogP contribution in [0.15, 0.2) is 24.3 Å². The Morgan fingerprint density at radius 1 is 0.818 bits per heavy atom. The van der Waals surface area contributed by atoms with E-state index < -0.39 is 48.5 Å². The van der Waals surface area contributed by atoms with Crippen molar-refractivity contribution >= 4 is 35.8 Å². The van der Waals surface area contributed by atoms with Crippen LogP contribution in [0.5, 0.6) is 0 Å². The van der Waals surface area contributed by atoms with Crippen molar-refractivity contribution in [1.82, 2.24) is 21.3 Å². The molecule has 0 saturated heterocycles. The first-order valence-corrected chi connectivity index (χ1v) is 15.0. The first kappa shape index (κ1) is 36.0. The van der Waals surface area contributed by atoms with E-state index in [1.807, 2.05) is 31.2 Å². The van der Waals surface area contributed by atoms with Crippen LogP contribution in [0.4, 0.5) is 4.79 Å². The summed E-state index contributed by atoms with van der Waals surface area (Å²) in [6.45, 7) is 2.76. The van der Waals surface area contributed by atoms with E-state index in [2.05, 4.69) is 21.3 Å². The molecule has 14 nitrogen and oxygen atoms in total. The van der Waals surface area contributed by atoms with Crippen LogP contribution >= 0.6 is 0 Å². The number of rotatable bonds is 18. The van der Waals surface area contributed by atoms with Crippen molar-refractivity contribution in [2.24, 2.45) is 17.6 Å². The second-order valence-corrected chi connectivity index (χ2v) is 11.3. The van der Waals surface area contributed by atoms with Crippen molar-refractivity contribution in [3.8, 4) is 0 Å². The molecule has 1 aromatic rings. The van der Waals surface area contributed by atoms with Crippen molar-refractivity contribution in [3.05, 3.63) is 35.4 Å². The molecular formula is C30H45N5O9. The van der Waals surface area contributed by atoms with Crippen molar-refractivity contribution in [3.63, 3.8) is 0 Å². The number of urea groups is 1. The van der Waals surface area contributed by atoms with Crippen LogP contribution in [0.2, 0.25) is 0 Å². The molecule has 3 atom stereocenters. The van der Waals surface area contributed by atoms with Gasteiger partial charge in [0, 0.05) is 25.3 Å². The average Bonchev–Trinajstić information content (AvgIpc) is 2.98. The standard InChI is InChI=1S/C30H45N5O9/c1-18-5-7-19(8-6-18)16-24(33-26(38)21-11-9-20(17-31)10-12-21)27(39)32-15-3-2-4-22(28(40)41)34-30(44)35-23(29(42)43)13-14-25(36)37/h5-8,20-24H,2-4,9-17,31H2,1H3,(H,32,39)(H,33,38)(H,36,37)(H,40,41)(H,42,43)(H2,34,35,44)/t20?,21?,22-,23-,24-/m0/s1. The Bertz CT molecular complexity index is 1140. The van der Waals surface area contributed by atoms with Gasteiger partial charge in [-0.2, -0.15) is 0 Å². The van der Waals surface area contributed by atoms with E-state index in [1.165, 1.54) is 0 Å². The molecule has 1 aromatic carbocycles. The van der Waals surface area contributed by atoms with Gasteiger partial charge in [-0.3, -0.25) is 14.4 Å². The smallest absolute Gasteiger partial charge is 0.326 e. The van der Waals surface area contributed by atoms with Crippen LogP contribution < -0.4 is 27.0 Å². The predicted octanol–water partition coefficient (Wildman–Crippen LogP) is 1.14. The van der Waals surface area contributed by atoms with Gasteiger partial charge in [-0.1, -0.05) is 29.8 Å². The van der Waals surface area contributed by atoms with E-state index in [-0.39, 0.29) is 37.1 Å². The van der Waals surface area contributed by atoms with Gasteiger partial charge in [0.1, 0.15) is 18.1 Å². The Balaban J connectivity index is 1.88. The lowest BCUT2D eigenvalue weighted by Crippen LogP contribution is -2.51. The lowest BCUT2D eigenvalue weighted by atomic mass is 9.81. The number of nitrogens with one attached hydrogen (secondary N) is 4. The molecule has 0 unspecified atom stereocenters. The topological polar surface area (TPSA) is 237 Å². The third kappa shape index (κ3) is 13.0. The number of aliphatic carboxylic acids is 3. The van der Waals surface area contributed by atoms with Gasteiger partial charge in [-0.15, -0.1) is 0 Å². The minimum atomic E-state index is -1.50. The van der Waals surface area contributed by atoms with Crippen LogP contribution in [0.25, 0.3) is 0 Å². The van der Waals surface area contributed by atoms with E-state index in [9.17, 15) is 39.0 Å². The number of benzene rings is 1. The number of nitrogens with two attached hydrogens (primary N) is 1. The number of hydrogen-bond acceptors (Lipinski definition) is 7. The molecule has 2 rings (SSSR count). The van der Waals surface area contributed by atoms with Crippen LogP contribution in [-0.4, -0.2) is 82.3 Å². The number of hydrogen-bond donors (Lipinski definition) is 8. The van der Waals surface area contributed by atoms with Gasteiger partial charge in [0.15, 0.2) is 0 Å². The number of aryl methyl sites for hydroxylation is 1. The largest absolute Gasteiger partial charge is 0.481 e. The van der Waals surface area contributed by atoms with Crippen molar-refractivity contribution in [2.45, 2.75) is 89.3 Å². The molecular weight excluding hydrogens is 574 g/mol. The SMILES string of the molecule is Cc1ccc(C[C@H](NC(=O)C2CCC(CN)CC2)C(=O)NCCCC[C@H](NC(=O)N[C@@H](CCC(=O)O)C(=O)O)C(=O)O)cc1. The van der Waals surface area contributed by atoms with Gasteiger partial charge in [-0.25, -0.2) is 14.4 Å². The predicted molar refractivity (Wildman–Crippen MR) is 160 cm³/mol. The van der Waals surface area contributed by atoms with Gasteiger partial charge < -0.3 is 42.3 Å². The fourth-order valence-corrected chi connectivity index (χ4v) is 5.07. The Hall–Kier alpha value is -4.20. The molecule has 44 heavy (non-hydrogen) atoms. The second kappa shape index (κ2) is 18.5. The third-order valence-corrected chi connectivity index (χ3v) is 7.82. The zero-order valence-electron chi connectivity index (χ0n) is 25.0. The summed E-state index contributed by atoms with van der Waals surface area (Å²) in [6, 6.07) is 3.03. The summed E-state index contributed by atoms with van der Waals surface area (Å²) in [5.41, 5.74) is 7.73. The van der Waals surface area contributed by atoms with Crippen LogP contribution in [0, 0.1) is 18.8 Å². The zero-order chi connectivity index (χ0) is 32.6. The summed E-state index contributed by atoms with van der Waals surface area (Å²) in [7, 11) is 0. The summed E-state index contributed by atoms with van der Waals surface area (Å²) in [4.78, 5) is 72.0. The highest BCUT2D eigenvalue weighted by Crippen LogP contribution is 2.28. The maximum Gasteiger partial charge on any atom is 0.326 e. The highest BCUT2D eigenvalue weighted by molar-refractivity contribution is 5.89. The Morgan fingerprint density at radius 3 is 1.95 bits per heavy atom. The quantitative estimate of drug-likeness (QED) is 0.109. The molecule has 1 fully saturated rings. The molecule has 0 bridgehead atoms. The maximum absolute atomic E-state index is 13.1. The Morgan fingerprint density at radius 2 is 1.41 bits per heavy atom. The molecule has 244 valence electrons. The average molecular weight is 620 g/mol. The lowest BCUT2D eigenvalue weighted by molar-refractivity contribution is -0.141. The third-order valence-electron chi connectivity index (χ3n) is 7.82. The molecule has 0 radical (unpaired) electrons. The van der Waals surface area contributed by atoms with E-state index in [0.717, 1.165) is 36.8 Å². The monoisotopic (exact) mass is 619 g/mol. The van der Waals surface area contributed by atoms with Crippen molar-refractivity contribution in [1.29, 1.82) is 0 Å².